The number of anilines is 2. The maximum atomic E-state index is 13.7. The van der Waals surface area contributed by atoms with Crippen molar-refractivity contribution in [1.82, 2.24) is 15.2 Å². The first kappa shape index (κ1) is 66.9. The number of ether oxygens (including phenoxy) is 6. The zero-order valence-electron chi connectivity index (χ0n) is 48.3. The average Bonchev–Trinajstić information content (AvgIpc) is 2.41. The molecule has 3 atom stereocenters. The Labute approximate surface area is 489 Å². The second kappa shape index (κ2) is 32.2. The molecular formula is C60H79F3N6O11S2. The highest BCUT2D eigenvalue weighted by Crippen LogP contribution is 2.40. The van der Waals surface area contributed by atoms with Crippen LogP contribution in [0, 0.1) is 29.6 Å². The van der Waals surface area contributed by atoms with Gasteiger partial charge in [-0.3, -0.25) is 24.1 Å². The fraction of sp³-hybridized carbons (Fsp3) is 0.550. The van der Waals surface area contributed by atoms with Gasteiger partial charge in [-0.25, -0.2) is 4.98 Å². The van der Waals surface area contributed by atoms with Crippen LogP contribution in [-0.2, 0) is 55.6 Å². The maximum absolute atomic E-state index is 13.7. The standard InChI is InChI=1S/C31H45N3O6S.C29H34F3N3O5S/c1-6-7-12-39-13-14-40-19-25(36)15-26(31(3,4)5)30(38)34-18-24(35)16-27(34)29(37)32-17-22-8-10-23(11-9-22)28-21(2)33-20-41-28;1-4-37-13-5-6-14-38-15-16-39-17-18-40-24-11-9-22(10-12-24)35-27(41)34(26(36)28(35,2)3)23-8-7-21(20-33)25(19-23)29(30,31)32/h8-11,20,24,26-27,35H,6-7,12-19H2,1-5H3,(H,32,37);7-12,19H,4-6,13-18H2,1-3H3/t24-,26?,27+;/m1./s1. The zero-order chi connectivity index (χ0) is 60.0. The van der Waals surface area contributed by atoms with Gasteiger partial charge in [0.15, 0.2) is 10.9 Å². The predicted octanol–water partition coefficient (Wildman–Crippen LogP) is 9.87. The lowest BCUT2D eigenvalue weighted by atomic mass is 9.77. The van der Waals surface area contributed by atoms with E-state index in [-0.39, 0.29) is 54.4 Å². The number of nitrogens with one attached hydrogen (secondary N) is 1. The summed E-state index contributed by atoms with van der Waals surface area (Å²) in [4.78, 5) is 62.5. The van der Waals surface area contributed by atoms with Crippen LogP contribution in [0.15, 0.2) is 72.2 Å². The number of nitrogens with zero attached hydrogens (tertiary/aromatic N) is 5. The molecule has 22 heteroatoms. The number of hydrogen-bond donors (Lipinski definition) is 2. The van der Waals surface area contributed by atoms with Crippen LogP contribution in [0.1, 0.15) is 109 Å². The van der Waals surface area contributed by atoms with Gasteiger partial charge in [0, 0.05) is 64.0 Å². The molecule has 0 spiro atoms. The summed E-state index contributed by atoms with van der Waals surface area (Å²) < 4.78 is 73.6. The van der Waals surface area contributed by atoms with Crippen molar-refractivity contribution in [3.05, 3.63) is 94.6 Å². The number of nitriles is 1. The third kappa shape index (κ3) is 19.3. The van der Waals surface area contributed by atoms with E-state index in [1.807, 2.05) is 64.4 Å². The molecule has 3 aromatic carbocycles. The number of thiazole rings is 1. The van der Waals surface area contributed by atoms with E-state index < -0.39 is 52.2 Å². The van der Waals surface area contributed by atoms with Crippen molar-refractivity contribution < 1.29 is 65.9 Å². The molecule has 0 bridgehead atoms. The number of carbonyl (C=O) groups excluding carboxylic acids is 4. The van der Waals surface area contributed by atoms with Crippen LogP contribution in [0.2, 0.25) is 0 Å². The molecule has 2 N–H and O–H groups in total. The number of ketones is 1. The SMILES string of the molecule is CCCCOCCOCC(=O)CC(C(=O)N1C[C@H](O)C[C@H]1C(=O)NCc1ccc(-c2scnc2C)cc1)C(C)(C)C.CCOCCCCOCCOCCOc1ccc(N2C(=S)N(c3ccc(C#N)c(C(F)(F)F)c3)C(=O)C2(C)C)cc1. The van der Waals surface area contributed by atoms with Gasteiger partial charge < -0.3 is 48.6 Å². The van der Waals surface area contributed by atoms with E-state index in [2.05, 4.69) is 17.2 Å². The summed E-state index contributed by atoms with van der Waals surface area (Å²) in [6, 6.07) is 18.7. The highest BCUT2D eigenvalue weighted by molar-refractivity contribution is 7.81. The molecule has 2 aliphatic rings. The predicted molar refractivity (Wildman–Crippen MR) is 311 cm³/mol. The number of hydrogen-bond acceptors (Lipinski definition) is 15. The van der Waals surface area contributed by atoms with Gasteiger partial charge in [0.05, 0.1) is 78.1 Å². The van der Waals surface area contributed by atoms with Crippen molar-refractivity contribution >= 4 is 63.5 Å². The van der Waals surface area contributed by atoms with Crippen LogP contribution in [-0.4, -0.2) is 141 Å². The summed E-state index contributed by atoms with van der Waals surface area (Å²) in [5, 5.41) is 22.5. The molecule has 82 heavy (non-hydrogen) atoms. The smallest absolute Gasteiger partial charge is 0.417 e. The fourth-order valence-corrected chi connectivity index (χ4v) is 10.4. The maximum Gasteiger partial charge on any atom is 0.417 e. The summed E-state index contributed by atoms with van der Waals surface area (Å²) in [5.74, 6) is -1.35. The number of β-amino-alcohol motifs (C(OH)–C–C–N with tert-alkyl or cyclic N) is 1. The zero-order valence-corrected chi connectivity index (χ0v) is 49.9. The molecule has 1 aromatic heterocycles. The number of likely N-dealkylation sites (tertiary alicyclic amines) is 1. The molecule has 4 aromatic rings. The van der Waals surface area contributed by atoms with Gasteiger partial charge in [-0.1, -0.05) is 58.4 Å². The number of aliphatic hydroxyl groups is 1. The average molecular weight is 1180 g/mol. The van der Waals surface area contributed by atoms with Crippen LogP contribution in [0.3, 0.4) is 0 Å². The second-order valence-corrected chi connectivity index (χ2v) is 22.6. The third-order valence-electron chi connectivity index (χ3n) is 13.7. The van der Waals surface area contributed by atoms with Gasteiger partial charge in [0.2, 0.25) is 11.8 Å². The number of aliphatic hydroxyl groups excluding tert-OH is 1. The monoisotopic (exact) mass is 1180 g/mol. The Bertz CT molecular complexity index is 2750. The lowest BCUT2D eigenvalue weighted by Crippen LogP contribution is -2.50. The largest absolute Gasteiger partial charge is 0.491 e. The van der Waals surface area contributed by atoms with Crippen molar-refractivity contribution in [2.75, 3.05) is 89.0 Å². The molecule has 0 radical (unpaired) electrons. The first-order chi connectivity index (χ1) is 39.0. The molecule has 448 valence electrons. The minimum absolute atomic E-state index is 0.00550. The molecule has 3 heterocycles. The Morgan fingerprint density at radius 2 is 1.48 bits per heavy atom. The number of carbonyl (C=O) groups is 4. The van der Waals surface area contributed by atoms with Crippen molar-refractivity contribution in [1.29, 1.82) is 5.26 Å². The van der Waals surface area contributed by atoms with E-state index in [9.17, 15) is 37.5 Å². The Morgan fingerprint density at radius 1 is 0.866 bits per heavy atom. The van der Waals surface area contributed by atoms with Crippen LogP contribution in [0.25, 0.3) is 10.4 Å². The number of Topliss-reactive ketones (excluding diaryl/α,β-unsaturated/α-hetero) is 1. The number of alkyl halides is 3. The summed E-state index contributed by atoms with van der Waals surface area (Å²) in [6.45, 7) is 20.5. The molecule has 0 saturated carbocycles. The minimum atomic E-state index is -4.76. The Balaban J connectivity index is 0.000000301. The van der Waals surface area contributed by atoms with E-state index in [4.69, 9.17) is 45.9 Å². The first-order valence-corrected chi connectivity index (χ1v) is 29.0. The normalized spacial score (nSPS) is 16.5. The Kier molecular flexibility index (Phi) is 26.3. The molecule has 17 nitrogen and oxygen atoms in total. The fourth-order valence-electron chi connectivity index (χ4n) is 9.11. The molecule has 3 amide bonds. The van der Waals surface area contributed by atoms with E-state index >= 15 is 0 Å². The topological polar surface area (TPSA) is 202 Å². The van der Waals surface area contributed by atoms with Gasteiger partial charge in [-0.05, 0) is 118 Å². The Morgan fingerprint density at radius 3 is 2.07 bits per heavy atom. The lowest BCUT2D eigenvalue weighted by molar-refractivity contribution is -0.146. The minimum Gasteiger partial charge on any atom is -0.491 e. The van der Waals surface area contributed by atoms with Gasteiger partial charge in [0.25, 0.3) is 5.91 Å². The van der Waals surface area contributed by atoms with Crippen LogP contribution < -0.4 is 19.9 Å². The number of amides is 3. The molecule has 0 aliphatic carbocycles. The number of aryl methyl sites for hydroxylation is 1. The number of halogens is 3. The highest BCUT2D eigenvalue weighted by Gasteiger charge is 2.51. The Hall–Kier alpha value is -5.90. The van der Waals surface area contributed by atoms with Crippen LogP contribution in [0.4, 0.5) is 24.5 Å². The van der Waals surface area contributed by atoms with E-state index in [1.54, 1.807) is 60.4 Å². The summed E-state index contributed by atoms with van der Waals surface area (Å²) in [5.41, 5.74) is 1.95. The van der Waals surface area contributed by atoms with Crippen molar-refractivity contribution in [2.45, 2.75) is 124 Å². The number of benzene rings is 3. The van der Waals surface area contributed by atoms with E-state index in [0.717, 1.165) is 77.6 Å². The van der Waals surface area contributed by atoms with Crippen LogP contribution in [0.5, 0.6) is 5.75 Å². The summed E-state index contributed by atoms with van der Waals surface area (Å²) >= 11 is 7.15. The summed E-state index contributed by atoms with van der Waals surface area (Å²) in [7, 11) is 0. The molecule has 1 unspecified atom stereocenters. The van der Waals surface area contributed by atoms with Crippen molar-refractivity contribution in [3.63, 3.8) is 0 Å². The van der Waals surface area contributed by atoms with Gasteiger partial charge in [0.1, 0.15) is 30.5 Å². The third-order valence-corrected chi connectivity index (χ3v) is 15.0. The van der Waals surface area contributed by atoms with Crippen LogP contribution >= 0.6 is 23.6 Å². The number of aromatic nitrogens is 1. The van der Waals surface area contributed by atoms with E-state index in [1.165, 1.54) is 11.0 Å². The second-order valence-electron chi connectivity index (χ2n) is 21.4. The van der Waals surface area contributed by atoms with Gasteiger partial charge >= 0.3 is 6.18 Å². The molecular weight excluding hydrogens is 1100 g/mol. The lowest BCUT2D eigenvalue weighted by Gasteiger charge is -2.34. The highest BCUT2D eigenvalue weighted by atomic mass is 32.1. The van der Waals surface area contributed by atoms with Crippen molar-refractivity contribution in [3.8, 4) is 22.3 Å². The van der Waals surface area contributed by atoms with Gasteiger partial charge in [-0.2, -0.15) is 18.4 Å². The molecule has 2 saturated heterocycles. The van der Waals surface area contributed by atoms with Gasteiger partial charge in [-0.15, -0.1) is 11.3 Å². The molecule has 2 aliphatic heterocycles. The summed E-state index contributed by atoms with van der Waals surface area (Å²) in [6.07, 6.45) is -1.45. The number of unbranched alkanes of at least 4 members (excludes halogenated alkanes) is 2. The van der Waals surface area contributed by atoms with Crippen molar-refractivity contribution in [2.24, 2.45) is 11.3 Å². The number of rotatable bonds is 30. The quantitative estimate of drug-likeness (QED) is 0.0369. The molecule has 2 fully saturated rings. The molecule has 6 rings (SSSR count). The van der Waals surface area contributed by atoms with E-state index in [0.29, 0.717) is 70.8 Å². The number of thiocarbonyl (C=S) groups is 1. The first-order valence-electron chi connectivity index (χ1n) is 27.7.